The van der Waals surface area contributed by atoms with E-state index < -0.39 is 5.79 Å². The molecule has 0 N–H and O–H groups in total. The van der Waals surface area contributed by atoms with E-state index in [1.807, 2.05) is 47.1 Å². The highest BCUT2D eigenvalue weighted by molar-refractivity contribution is 6.30. The topological polar surface area (TPSA) is 26.8 Å². The fourth-order valence-electron chi connectivity index (χ4n) is 4.31. The van der Waals surface area contributed by atoms with Gasteiger partial charge in [-0.2, -0.15) is 0 Å². The molecule has 6 heteroatoms. The summed E-state index contributed by atoms with van der Waals surface area (Å²) in [5.41, 5.74) is 3.08. The molecule has 1 saturated heterocycles. The molecule has 2 aliphatic heterocycles. The monoisotopic (exact) mass is 389 g/mol. The maximum Gasteiger partial charge on any atom is 0.226 e. The smallest absolute Gasteiger partial charge is 0.226 e. The summed E-state index contributed by atoms with van der Waals surface area (Å²) in [5, 5.41) is 0.721. The molecule has 1 unspecified atom stereocenters. The van der Waals surface area contributed by atoms with Crippen LogP contribution in [0.4, 0.5) is 10.1 Å². The second-order valence-electron chi connectivity index (χ2n) is 7.42. The first-order valence-electron chi connectivity index (χ1n) is 9.66. The number of rotatable bonds is 3. The molecule has 1 aromatic rings. The van der Waals surface area contributed by atoms with Gasteiger partial charge in [0, 0.05) is 62.0 Å². The Morgan fingerprint density at radius 3 is 2.70 bits per heavy atom. The number of anilines is 1. The lowest BCUT2D eigenvalue weighted by molar-refractivity contribution is -0.128. The molecule has 3 aliphatic rings. The van der Waals surface area contributed by atoms with Crippen molar-refractivity contribution in [2.75, 3.05) is 37.6 Å². The first-order valence-corrected chi connectivity index (χ1v) is 10.0. The van der Waals surface area contributed by atoms with Crippen LogP contribution in [-0.4, -0.2) is 54.2 Å². The Kier molecular flexibility index (Phi) is 4.99. The third kappa shape index (κ3) is 3.50. The average molecular weight is 390 g/mol. The molecular weight excluding hydrogens is 365 g/mol. The van der Waals surface area contributed by atoms with Crippen LogP contribution in [0.3, 0.4) is 0 Å². The van der Waals surface area contributed by atoms with E-state index >= 15 is 4.39 Å². The molecule has 0 bridgehead atoms. The number of allylic oxidation sites excluding steroid dienone is 1. The van der Waals surface area contributed by atoms with Crippen LogP contribution in [0.25, 0.3) is 0 Å². The Labute approximate surface area is 164 Å². The fraction of sp³-hybridized carbons (Fsp3) is 0.476. The Hall–Kier alpha value is -1.85. The normalized spacial score (nSPS) is 25.9. The van der Waals surface area contributed by atoms with Crippen molar-refractivity contribution < 1.29 is 9.18 Å². The van der Waals surface area contributed by atoms with Gasteiger partial charge in [-0.1, -0.05) is 24.6 Å². The molecule has 2 heterocycles. The number of carbonyl (C=O) groups is 1. The molecule has 0 radical (unpaired) electrons. The Balaban J connectivity index is 1.42. The highest BCUT2D eigenvalue weighted by Crippen LogP contribution is 2.40. The quantitative estimate of drug-likeness (QED) is 0.731. The molecule has 1 aliphatic carbocycles. The van der Waals surface area contributed by atoms with Gasteiger partial charge in [-0.25, -0.2) is 4.39 Å². The first-order chi connectivity index (χ1) is 13.0. The van der Waals surface area contributed by atoms with Gasteiger partial charge in [-0.05, 0) is 42.3 Å². The molecule has 1 atom stereocenters. The van der Waals surface area contributed by atoms with Crippen molar-refractivity contribution in [2.24, 2.45) is 0 Å². The van der Waals surface area contributed by atoms with Crippen molar-refractivity contribution in [3.8, 4) is 0 Å². The molecule has 1 amide bonds. The predicted octanol–water partition coefficient (Wildman–Crippen LogP) is 3.98. The minimum atomic E-state index is -1.45. The molecule has 1 fully saturated rings. The highest BCUT2D eigenvalue weighted by atomic mass is 35.5. The number of hydrogen-bond donors (Lipinski definition) is 0. The maximum absolute atomic E-state index is 15.8. The van der Waals surface area contributed by atoms with Crippen molar-refractivity contribution in [1.29, 1.82) is 0 Å². The molecule has 0 spiro atoms. The van der Waals surface area contributed by atoms with E-state index in [9.17, 15) is 4.79 Å². The lowest BCUT2D eigenvalue weighted by atomic mass is 9.94. The van der Waals surface area contributed by atoms with Gasteiger partial charge >= 0.3 is 0 Å². The summed E-state index contributed by atoms with van der Waals surface area (Å²) in [4.78, 5) is 18.1. The van der Waals surface area contributed by atoms with Gasteiger partial charge in [0.2, 0.25) is 5.91 Å². The summed E-state index contributed by atoms with van der Waals surface area (Å²) in [6.07, 6.45) is 5.10. The molecule has 1 aromatic carbocycles. The lowest BCUT2D eigenvalue weighted by Gasteiger charge is -2.43. The number of piperazine rings is 1. The number of carbonyl (C=O) groups excluding carboxylic acids is 1. The van der Waals surface area contributed by atoms with Crippen LogP contribution < -0.4 is 4.90 Å². The molecule has 27 heavy (non-hydrogen) atoms. The van der Waals surface area contributed by atoms with Crippen molar-refractivity contribution in [3.63, 3.8) is 0 Å². The van der Waals surface area contributed by atoms with Crippen LogP contribution in [0.2, 0.25) is 5.02 Å². The number of alkyl halides is 1. The zero-order valence-corrected chi connectivity index (χ0v) is 16.4. The van der Waals surface area contributed by atoms with Crippen molar-refractivity contribution in [2.45, 2.75) is 32.0 Å². The summed E-state index contributed by atoms with van der Waals surface area (Å²) in [6.45, 7) is 5.41. The number of nitrogens with zero attached hydrogens (tertiary/aromatic N) is 3. The zero-order valence-electron chi connectivity index (χ0n) is 15.6. The van der Waals surface area contributed by atoms with Gasteiger partial charge in [0.15, 0.2) is 5.79 Å². The lowest BCUT2D eigenvalue weighted by Crippen LogP contribution is -2.55. The number of hydrogen-bond acceptors (Lipinski definition) is 3. The van der Waals surface area contributed by atoms with Crippen LogP contribution in [-0.2, 0) is 4.79 Å². The van der Waals surface area contributed by atoms with Crippen molar-refractivity contribution >= 4 is 23.2 Å². The van der Waals surface area contributed by atoms with E-state index in [0.717, 1.165) is 41.5 Å². The Morgan fingerprint density at radius 1 is 1.22 bits per heavy atom. The fourth-order valence-corrected chi connectivity index (χ4v) is 4.50. The van der Waals surface area contributed by atoms with Gasteiger partial charge in [-0.3, -0.25) is 9.69 Å². The summed E-state index contributed by atoms with van der Waals surface area (Å²) in [7, 11) is 0. The average Bonchev–Trinajstić information content (AvgIpc) is 3.10. The summed E-state index contributed by atoms with van der Waals surface area (Å²) in [5.74, 6) is -1.34. The van der Waals surface area contributed by atoms with Gasteiger partial charge in [0.05, 0.1) is 0 Å². The second-order valence-corrected chi connectivity index (χ2v) is 7.86. The van der Waals surface area contributed by atoms with Crippen LogP contribution in [0, 0.1) is 0 Å². The maximum atomic E-state index is 15.8. The number of halogens is 2. The summed E-state index contributed by atoms with van der Waals surface area (Å²) in [6, 6.07) is 7.81. The van der Waals surface area contributed by atoms with E-state index in [4.69, 9.17) is 11.6 Å². The standard InChI is InChI=1S/C21H25ClFN3O/c1-2-20(27)26-9-7-16-15-21(23,8-6-19(16)26)25-12-10-24(11-13-25)18-5-3-4-17(22)14-18/h3-6,8,14H,2,7,9-13,15H2,1H3. The molecular formula is C21H25ClFN3O. The highest BCUT2D eigenvalue weighted by Gasteiger charge is 2.42. The van der Waals surface area contributed by atoms with E-state index in [-0.39, 0.29) is 5.91 Å². The van der Waals surface area contributed by atoms with E-state index in [1.54, 1.807) is 6.08 Å². The molecule has 0 saturated carbocycles. The van der Waals surface area contributed by atoms with Gasteiger partial charge in [0.1, 0.15) is 0 Å². The predicted molar refractivity (Wildman–Crippen MR) is 106 cm³/mol. The zero-order chi connectivity index (χ0) is 19.0. The first kappa shape index (κ1) is 18.5. The molecule has 4 rings (SSSR count). The van der Waals surface area contributed by atoms with Gasteiger partial charge < -0.3 is 9.80 Å². The van der Waals surface area contributed by atoms with Crippen molar-refractivity contribution in [1.82, 2.24) is 9.80 Å². The third-order valence-corrected chi connectivity index (χ3v) is 6.07. The molecule has 4 nitrogen and oxygen atoms in total. The second kappa shape index (κ2) is 7.28. The number of benzene rings is 1. The number of amides is 1. The molecule has 144 valence electrons. The van der Waals surface area contributed by atoms with Crippen molar-refractivity contribution in [3.05, 3.63) is 52.7 Å². The minimum Gasteiger partial charge on any atom is -0.369 e. The Morgan fingerprint density at radius 2 is 2.00 bits per heavy atom. The Bertz CT molecular complexity index is 800. The van der Waals surface area contributed by atoms with Crippen LogP contribution >= 0.6 is 11.6 Å². The minimum absolute atomic E-state index is 0.117. The van der Waals surface area contributed by atoms with E-state index in [1.165, 1.54) is 0 Å². The third-order valence-electron chi connectivity index (χ3n) is 5.83. The summed E-state index contributed by atoms with van der Waals surface area (Å²) < 4.78 is 15.8. The largest absolute Gasteiger partial charge is 0.369 e. The van der Waals surface area contributed by atoms with Gasteiger partial charge in [-0.15, -0.1) is 0 Å². The van der Waals surface area contributed by atoms with Crippen LogP contribution in [0.1, 0.15) is 26.2 Å². The van der Waals surface area contributed by atoms with Crippen LogP contribution in [0.15, 0.2) is 47.7 Å². The van der Waals surface area contributed by atoms with Gasteiger partial charge in [0.25, 0.3) is 0 Å². The van der Waals surface area contributed by atoms with Crippen LogP contribution in [0.5, 0.6) is 0 Å². The SMILES string of the molecule is CCC(=O)N1CCC2=C1C=CC(F)(N1CCN(c3cccc(Cl)c3)CC1)C2. The molecule has 0 aromatic heterocycles. The van der Waals surface area contributed by atoms with E-state index in [0.29, 0.717) is 32.5 Å². The summed E-state index contributed by atoms with van der Waals surface area (Å²) >= 11 is 6.09. The van der Waals surface area contributed by atoms with E-state index in [2.05, 4.69) is 4.90 Å².